The summed E-state index contributed by atoms with van der Waals surface area (Å²) in [6.07, 6.45) is 6.37. The Kier molecular flexibility index (Phi) is 5.33. The Morgan fingerprint density at radius 1 is 1.14 bits per heavy atom. The summed E-state index contributed by atoms with van der Waals surface area (Å²) in [5.41, 5.74) is 6.63. The molecule has 1 aromatic carbocycles. The second-order valence-corrected chi connectivity index (χ2v) is 6.43. The largest absolute Gasteiger partial charge is 0.512 e. The Morgan fingerprint density at radius 2 is 1.82 bits per heavy atom. The standard InChI is InChI=1S/C20H28O2/c1-5-8-16-14(3)11-12-18(22)20(16)19(15(4)21)17-10-7-6-9-13(17)2/h11-12,21-22H,5-10H2,1-4H3/b19-15-. The third-order valence-corrected chi connectivity index (χ3v) is 4.68. The molecule has 0 unspecified atom stereocenters. The lowest BCUT2D eigenvalue weighted by Gasteiger charge is -2.24. The SMILES string of the molecule is CCCc1c(C)ccc(O)c1/C(C1=C(C)CCCC1)=C(/C)O. The first-order chi connectivity index (χ1) is 10.5. The van der Waals surface area contributed by atoms with Crippen LogP contribution in [0.5, 0.6) is 5.75 Å². The highest BCUT2D eigenvalue weighted by molar-refractivity contribution is 5.86. The lowest BCUT2D eigenvalue weighted by atomic mass is 9.81. The van der Waals surface area contributed by atoms with Crippen molar-refractivity contribution in [2.75, 3.05) is 0 Å². The normalized spacial score (nSPS) is 16.7. The maximum Gasteiger partial charge on any atom is 0.123 e. The van der Waals surface area contributed by atoms with Crippen LogP contribution in [0.4, 0.5) is 0 Å². The molecule has 0 bridgehead atoms. The highest BCUT2D eigenvalue weighted by Crippen LogP contribution is 2.42. The van der Waals surface area contributed by atoms with Gasteiger partial charge in [0.05, 0.1) is 5.76 Å². The molecule has 1 aromatic rings. The van der Waals surface area contributed by atoms with Crippen LogP contribution < -0.4 is 0 Å². The van der Waals surface area contributed by atoms with Crippen molar-refractivity contribution in [3.05, 3.63) is 45.7 Å². The van der Waals surface area contributed by atoms with Crippen LogP contribution in [-0.2, 0) is 6.42 Å². The number of benzene rings is 1. The van der Waals surface area contributed by atoms with Crippen molar-refractivity contribution >= 4 is 5.57 Å². The second-order valence-electron chi connectivity index (χ2n) is 6.43. The van der Waals surface area contributed by atoms with Crippen molar-refractivity contribution in [1.82, 2.24) is 0 Å². The molecule has 0 radical (unpaired) electrons. The van der Waals surface area contributed by atoms with Crippen molar-refractivity contribution in [3.63, 3.8) is 0 Å². The molecule has 120 valence electrons. The van der Waals surface area contributed by atoms with E-state index < -0.39 is 0 Å². The van der Waals surface area contributed by atoms with Gasteiger partial charge in [-0.25, -0.2) is 0 Å². The molecule has 2 nitrogen and oxygen atoms in total. The fraction of sp³-hybridized carbons (Fsp3) is 0.500. The molecule has 0 aromatic heterocycles. The second kappa shape index (κ2) is 7.04. The van der Waals surface area contributed by atoms with Gasteiger partial charge >= 0.3 is 0 Å². The van der Waals surface area contributed by atoms with Crippen molar-refractivity contribution in [2.24, 2.45) is 0 Å². The quantitative estimate of drug-likeness (QED) is 0.686. The number of phenolic OH excluding ortho intramolecular Hbond substituents is 1. The Morgan fingerprint density at radius 3 is 2.41 bits per heavy atom. The first-order valence-corrected chi connectivity index (χ1v) is 8.38. The lowest BCUT2D eigenvalue weighted by Crippen LogP contribution is -2.06. The molecule has 0 atom stereocenters. The monoisotopic (exact) mass is 300 g/mol. The van der Waals surface area contributed by atoms with E-state index in [-0.39, 0.29) is 5.75 Å². The summed E-state index contributed by atoms with van der Waals surface area (Å²) in [5, 5.41) is 20.9. The number of rotatable bonds is 4. The Bertz CT molecular complexity index is 617. The fourth-order valence-corrected chi connectivity index (χ4v) is 3.54. The summed E-state index contributed by atoms with van der Waals surface area (Å²) < 4.78 is 0. The molecule has 0 amide bonds. The number of aliphatic hydroxyl groups is 1. The van der Waals surface area contributed by atoms with Gasteiger partial charge in [0.25, 0.3) is 0 Å². The summed E-state index contributed by atoms with van der Waals surface area (Å²) in [4.78, 5) is 0. The van der Waals surface area contributed by atoms with Crippen molar-refractivity contribution in [1.29, 1.82) is 0 Å². The fourth-order valence-electron chi connectivity index (χ4n) is 3.54. The first kappa shape index (κ1) is 16.7. The van der Waals surface area contributed by atoms with Crippen LogP contribution in [0.15, 0.2) is 29.0 Å². The minimum Gasteiger partial charge on any atom is -0.512 e. The minimum absolute atomic E-state index is 0.281. The molecule has 0 aliphatic heterocycles. The van der Waals surface area contributed by atoms with E-state index in [1.165, 1.54) is 23.1 Å². The summed E-state index contributed by atoms with van der Waals surface area (Å²) in [7, 11) is 0. The Hall–Kier alpha value is -1.70. The average molecular weight is 300 g/mol. The lowest BCUT2D eigenvalue weighted by molar-refractivity contribution is 0.415. The third-order valence-electron chi connectivity index (χ3n) is 4.68. The van der Waals surface area contributed by atoms with Gasteiger partial charge in [-0.1, -0.05) is 25.0 Å². The van der Waals surface area contributed by atoms with E-state index in [1.807, 2.05) is 6.07 Å². The van der Waals surface area contributed by atoms with Gasteiger partial charge < -0.3 is 10.2 Å². The predicted molar refractivity (Wildman–Crippen MR) is 93.2 cm³/mol. The molecule has 1 aliphatic rings. The van der Waals surface area contributed by atoms with Gasteiger partial charge in [0.2, 0.25) is 0 Å². The summed E-state index contributed by atoms with van der Waals surface area (Å²) >= 11 is 0. The van der Waals surface area contributed by atoms with E-state index in [0.29, 0.717) is 5.76 Å². The van der Waals surface area contributed by atoms with Crippen LogP contribution in [0.2, 0.25) is 0 Å². The van der Waals surface area contributed by atoms with E-state index >= 15 is 0 Å². The van der Waals surface area contributed by atoms with Crippen molar-refractivity contribution < 1.29 is 10.2 Å². The predicted octanol–water partition coefficient (Wildman–Crippen LogP) is 5.83. The average Bonchev–Trinajstić information content (AvgIpc) is 2.47. The number of aliphatic hydroxyl groups excluding tert-OH is 1. The van der Waals surface area contributed by atoms with Crippen molar-refractivity contribution in [3.8, 4) is 5.75 Å². The van der Waals surface area contributed by atoms with Crippen LogP contribution in [0.25, 0.3) is 5.57 Å². The number of aryl methyl sites for hydroxylation is 1. The van der Waals surface area contributed by atoms with E-state index in [1.54, 1.807) is 13.0 Å². The molecule has 0 saturated carbocycles. The van der Waals surface area contributed by atoms with E-state index in [2.05, 4.69) is 20.8 Å². The topological polar surface area (TPSA) is 40.5 Å². The number of allylic oxidation sites excluding steroid dienone is 4. The summed E-state index contributed by atoms with van der Waals surface area (Å²) in [6, 6.07) is 3.72. The molecule has 0 heterocycles. The Balaban J connectivity index is 2.70. The van der Waals surface area contributed by atoms with Gasteiger partial charge in [0.1, 0.15) is 5.75 Å². The maximum atomic E-state index is 10.5. The molecular formula is C20H28O2. The summed E-state index contributed by atoms with van der Waals surface area (Å²) in [5.74, 6) is 0.595. The van der Waals surface area contributed by atoms with Gasteiger partial charge in [0, 0.05) is 11.1 Å². The molecule has 0 spiro atoms. The third kappa shape index (κ3) is 3.21. The van der Waals surface area contributed by atoms with E-state index in [4.69, 9.17) is 0 Å². The molecule has 2 rings (SSSR count). The zero-order valence-electron chi connectivity index (χ0n) is 14.3. The zero-order valence-corrected chi connectivity index (χ0v) is 14.3. The van der Waals surface area contributed by atoms with Gasteiger partial charge in [-0.05, 0) is 75.6 Å². The van der Waals surface area contributed by atoms with Gasteiger partial charge in [0.15, 0.2) is 0 Å². The number of phenols is 1. The van der Waals surface area contributed by atoms with Crippen molar-refractivity contribution in [2.45, 2.75) is 66.2 Å². The van der Waals surface area contributed by atoms with Crippen LogP contribution in [-0.4, -0.2) is 10.2 Å². The van der Waals surface area contributed by atoms with Gasteiger partial charge in [-0.3, -0.25) is 0 Å². The molecule has 2 N–H and O–H groups in total. The van der Waals surface area contributed by atoms with Gasteiger partial charge in [-0.15, -0.1) is 0 Å². The molecular weight excluding hydrogens is 272 g/mol. The molecule has 1 aliphatic carbocycles. The van der Waals surface area contributed by atoms with Gasteiger partial charge in [-0.2, -0.15) is 0 Å². The molecule has 2 heteroatoms. The molecule has 0 fully saturated rings. The maximum absolute atomic E-state index is 10.5. The first-order valence-electron chi connectivity index (χ1n) is 8.38. The van der Waals surface area contributed by atoms with E-state index in [0.717, 1.165) is 48.8 Å². The summed E-state index contributed by atoms with van der Waals surface area (Å²) in [6.45, 7) is 8.12. The number of aromatic hydroxyl groups is 1. The molecule has 0 saturated heterocycles. The number of hydrogen-bond donors (Lipinski definition) is 2. The minimum atomic E-state index is 0.281. The smallest absolute Gasteiger partial charge is 0.123 e. The number of hydrogen-bond acceptors (Lipinski definition) is 2. The zero-order chi connectivity index (χ0) is 16.3. The van der Waals surface area contributed by atoms with E-state index in [9.17, 15) is 10.2 Å². The highest BCUT2D eigenvalue weighted by atomic mass is 16.3. The van der Waals surface area contributed by atoms with Crippen LogP contribution in [0.3, 0.4) is 0 Å². The Labute approximate surface area is 134 Å². The van der Waals surface area contributed by atoms with Crippen LogP contribution >= 0.6 is 0 Å². The van der Waals surface area contributed by atoms with Crippen LogP contribution in [0.1, 0.15) is 69.6 Å². The highest BCUT2D eigenvalue weighted by Gasteiger charge is 2.23. The molecule has 22 heavy (non-hydrogen) atoms. The van der Waals surface area contributed by atoms with Crippen LogP contribution in [0, 0.1) is 6.92 Å².